The summed E-state index contributed by atoms with van der Waals surface area (Å²) in [5.41, 5.74) is 1.36. The molecule has 1 amide bonds. The summed E-state index contributed by atoms with van der Waals surface area (Å²) < 4.78 is 12.3. The quantitative estimate of drug-likeness (QED) is 0.798. The van der Waals surface area contributed by atoms with Gasteiger partial charge in [0.1, 0.15) is 18.1 Å². The van der Waals surface area contributed by atoms with Crippen molar-refractivity contribution in [1.82, 2.24) is 14.5 Å². The molecule has 0 spiro atoms. The van der Waals surface area contributed by atoms with Gasteiger partial charge in [-0.3, -0.25) is 4.90 Å². The molecule has 0 bridgehead atoms. The van der Waals surface area contributed by atoms with Crippen LogP contribution in [0.2, 0.25) is 0 Å². The molecule has 0 N–H and O–H groups in total. The van der Waals surface area contributed by atoms with E-state index < -0.39 is 5.97 Å². The first-order valence-corrected chi connectivity index (χ1v) is 8.29. The second kappa shape index (κ2) is 7.38. The Morgan fingerprint density at radius 1 is 1.24 bits per heavy atom. The van der Waals surface area contributed by atoms with Crippen LogP contribution in [0, 0.1) is 0 Å². The van der Waals surface area contributed by atoms with Gasteiger partial charge in [-0.1, -0.05) is 30.3 Å². The molecule has 3 rings (SSSR count). The third-order valence-corrected chi connectivity index (χ3v) is 4.08. The lowest BCUT2D eigenvalue weighted by Gasteiger charge is -2.32. The van der Waals surface area contributed by atoms with Gasteiger partial charge in [0.15, 0.2) is 0 Å². The maximum Gasteiger partial charge on any atom is 0.410 e. The topological polar surface area (TPSA) is 73.7 Å². The average Bonchev–Trinajstić information content (AvgIpc) is 3.05. The second-order valence-electron chi connectivity index (χ2n) is 5.92. The van der Waals surface area contributed by atoms with Crippen LogP contribution < -0.4 is 0 Å². The molecule has 0 unspecified atom stereocenters. The predicted octanol–water partition coefficient (Wildman–Crippen LogP) is 2.77. The van der Waals surface area contributed by atoms with E-state index in [2.05, 4.69) is 4.98 Å². The third kappa shape index (κ3) is 3.65. The van der Waals surface area contributed by atoms with E-state index in [-0.39, 0.29) is 18.7 Å². The average molecular weight is 343 g/mol. The number of amides is 1. The van der Waals surface area contributed by atoms with Crippen molar-refractivity contribution in [2.75, 3.05) is 13.2 Å². The van der Waals surface area contributed by atoms with Crippen LogP contribution in [-0.2, 0) is 22.6 Å². The van der Waals surface area contributed by atoms with E-state index in [0.29, 0.717) is 31.2 Å². The van der Waals surface area contributed by atoms with Gasteiger partial charge in [-0.2, -0.15) is 0 Å². The van der Waals surface area contributed by atoms with Crippen molar-refractivity contribution in [2.24, 2.45) is 0 Å². The minimum Gasteiger partial charge on any atom is -0.461 e. The minimum atomic E-state index is -0.395. The summed E-state index contributed by atoms with van der Waals surface area (Å²) in [6, 6.07) is 9.45. The van der Waals surface area contributed by atoms with Gasteiger partial charge < -0.3 is 14.0 Å². The maximum atomic E-state index is 12.3. The van der Waals surface area contributed by atoms with Gasteiger partial charge in [-0.15, -0.1) is 0 Å². The van der Waals surface area contributed by atoms with Crippen LogP contribution in [0.5, 0.6) is 0 Å². The van der Waals surface area contributed by atoms with Crippen molar-refractivity contribution in [1.29, 1.82) is 0 Å². The number of esters is 1. The maximum absolute atomic E-state index is 12.3. The Kier molecular flexibility index (Phi) is 5.02. The number of carbonyl (C=O) groups excluding carboxylic acids is 2. The van der Waals surface area contributed by atoms with Gasteiger partial charge in [0.05, 0.1) is 25.4 Å². The highest BCUT2D eigenvalue weighted by Crippen LogP contribution is 2.24. The Morgan fingerprint density at radius 2 is 2.00 bits per heavy atom. The predicted molar refractivity (Wildman–Crippen MR) is 89.9 cm³/mol. The molecular formula is C18H21N3O4. The number of imidazole rings is 1. The number of rotatable bonds is 4. The minimum absolute atomic E-state index is 0.0880. The molecule has 1 aliphatic rings. The van der Waals surface area contributed by atoms with Gasteiger partial charge in [-0.05, 0) is 19.4 Å². The van der Waals surface area contributed by atoms with Gasteiger partial charge in [0.2, 0.25) is 0 Å². The number of carbonyl (C=O) groups is 2. The summed E-state index contributed by atoms with van der Waals surface area (Å²) in [5, 5.41) is 0. The summed E-state index contributed by atoms with van der Waals surface area (Å²) in [7, 11) is 0. The standard InChI is InChI=1S/C18H21N3O4/c1-3-24-17(22)15-9-19-16-11-20(10-13(2)21(15)16)18(23)25-12-14-7-5-4-6-8-14/h4-9,13H,3,10-12H2,1-2H3/t13-/m1/s1. The first-order valence-electron chi connectivity index (χ1n) is 8.29. The van der Waals surface area contributed by atoms with Crippen molar-refractivity contribution < 1.29 is 19.1 Å². The Hall–Kier alpha value is -2.83. The summed E-state index contributed by atoms with van der Waals surface area (Å²) in [5.74, 6) is 0.256. The molecule has 25 heavy (non-hydrogen) atoms. The van der Waals surface area contributed by atoms with Crippen LogP contribution in [0.4, 0.5) is 4.79 Å². The second-order valence-corrected chi connectivity index (χ2v) is 5.92. The number of fused-ring (bicyclic) bond motifs is 1. The third-order valence-electron chi connectivity index (χ3n) is 4.08. The van der Waals surface area contributed by atoms with Crippen LogP contribution in [0.15, 0.2) is 36.5 Å². The molecule has 2 aromatic rings. The van der Waals surface area contributed by atoms with Crippen molar-refractivity contribution in [2.45, 2.75) is 33.0 Å². The molecule has 132 valence electrons. The Morgan fingerprint density at radius 3 is 2.72 bits per heavy atom. The number of aromatic nitrogens is 2. The molecule has 1 aromatic heterocycles. The lowest BCUT2D eigenvalue weighted by atomic mass is 10.2. The number of benzene rings is 1. The lowest BCUT2D eigenvalue weighted by Crippen LogP contribution is -2.41. The molecular weight excluding hydrogens is 322 g/mol. The highest BCUT2D eigenvalue weighted by Gasteiger charge is 2.31. The van der Waals surface area contributed by atoms with Crippen LogP contribution in [0.3, 0.4) is 0 Å². The summed E-state index contributed by atoms with van der Waals surface area (Å²) >= 11 is 0. The normalized spacial score (nSPS) is 16.2. The Labute approximate surface area is 146 Å². The highest BCUT2D eigenvalue weighted by molar-refractivity contribution is 5.87. The molecule has 0 saturated heterocycles. The van der Waals surface area contributed by atoms with Gasteiger partial charge >= 0.3 is 12.1 Å². The molecule has 7 nitrogen and oxygen atoms in total. The van der Waals surface area contributed by atoms with E-state index in [1.165, 1.54) is 6.20 Å². The van der Waals surface area contributed by atoms with Crippen molar-refractivity contribution in [3.05, 3.63) is 53.6 Å². The van der Waals surface area contributed by atoms with E-state index in [1.54, 1.807) is 11.8 Å². The number of nitrogens with zero attached hydrogens (tertiary/aromatic N) is 3. The summed E-state index contributed by atoms with van der Waals surface area (Å²) in [4.78, 5) is 30.2. The molecule has 7 heteroatoms. The first kappa shape index (κ1) is 17.0. The van der Waals surface area contributed by atoms with Crippen molar-refractivity contribution >= 4 is 12.1 Å². The molecule has 1 atom stereocenters. The Balaban J connectivity index is 1.67. The lowest BCUT2D eigenvalue weighted by molar-refractivity contribution is 0.0503. The van der Waals surface area contributed by atoms with E-state index in [4.69, 9.17) is 9.47 Å². The first-order chi connectivity index (χ1) is 12.1. The van der Waals surface area contributed by atoms with E-state index >= 15 is 0 Å². The monoisotopic (exact) mass is 343 g/mol. The van der Waals surface area contributed by atoms with Crippen molar-refractivity contribution in [3.63, 3.8) is 0 Å². The zero-order chi connectivity index (χ0) is 17.8. The van der Waals surface area contributed by atoms with Crippen molar-refractivity contribution in [3.8, 4) is 0 Å². The van der Waals surface area contributed by atoms with Crippen LogP contribution in [-0.4, -0.2) is 39.7 Å². The summed E-state index contributed by atoms with van der Waals surface area (Å²) in [6.07, 6.45) is 1.12. The highest BCUT2D eigenvalue weighted by atomic mass is 16.6. The van der Waals surface area contributed by atoms with E-state index in [1.807, 2.05) is 41.8 Å². The molecule has 1 aromatic carbocycles. The van der Waals surface area contributed by atoms with E-state index in [9.17, 15) is 9.59 Å². The molecule has 0 aliphatic carbocycles. The molecule has 2 heterocycles. The summed E-state index contributed by atoms with van der Waals surface area (Å²) in [6.45, 7) is 4.99. The number of hydrogen-bond donors (Lipinski definition) is 0. The fourth-order valence-electron chi connectivity index (χ4n) is 2.95. The van der Waals surface area contributed by atoms with Gasteiger partial charge in [0, 0.05) is 6.54 Å². The van der Waals surface area contributed by atoms with Crippen LogP contribution >= 0.6 is 0 Å². The van der Waals surface area contributed by atoms with Gasteiger partial charge in [0.25, 0.3) is 0 Å². The zero-order valence-corrected chi connectivity index (χ0v) is 14.3. The zero-order valence-electron chi connectivity index (χ0n) is 14.3. The van der Waals surface area contributed by atoms with E-state index in [0.717, 1.165) is 5.56 Å². The SMILES string of the molecule is CCOC(=O)c1cnc2n1[C@H](C)CN(C(=O)OCc1ccccc1)C2. The largest absolute Gasteiger partial charge is 0.461 e. The molecule has 0 fully saturated rings. The Bertz CT molecular complexity index is 757. The molecule has 0 saturated carbocycles. The van der Waals surface area contributed by atoms with Crippen LogP contribution in [0.25, 0.3) is 0 Å². The smallest absolute Gasteiger partial charge is 0.410 e. The number of ether oxygens (including phenoxy) is 2. The van der Waals surface area contributed by atoms with Gasteiger partial charge in [-0.25, -0.2) is 14.6 Å². The van der Waals surface area contributed by atoms with Crippen LogP contribution in [0.1, 0.15) is 41.8 Å². The fraction of sp³-hybridized carbons (Fsp3) is 0.389. The molecule has 0 radical (unpaired) electrons. The fourth-order valence-corrected chi connectivity index (χ4v) is 2.95. The molecule has 1 aliphatic heterocycles. The number of hydrogen-bond acceptors (Lipinski definition) is 5.